The van der Waals surface area contributed by atoms with Crippen LogP contribution in [0.15, 0.2) is 47.6 Å². The van der Waals surface area contributed by atoms with E-state index in [1.807, 2.05) is 25.1 Å². The summed E-state index contributed by atoms with van der Waals surface area (Å²) in [7, 11) is -3.52. The van der Waals surface area contributed by atoms with E-state index in [0.29, 0.717) is 13.1 Å². The van der Waals surface area contributed by atoms with E-state index in [1.165, 1.54) is 11.8 Å². The highest BCUT2D eigenvalue weighted by atomic mass is 32.2. The third kappa shape index (κ3) is 3.33. The predicted octanol–water partition coefficient (Wildman–Crippen LogP) is 2.69. The van der Waals surface area contributed by atoms with Crippen molar-refractivity contribution in [3.63, 3.8) is 0 Å². The Morgan fingerprint density at radius 2 is 1.91 bits per heavy atom. The van der Waals surface area contributed by atoms with E-state index < -0.39 is 10.0 Å². The Bertz CT molecular complexity index is 747. The normalized spacial score (nSPS) is 17.4. The quantitative estimate of drug-likeness (QED) is 0.884. The molecule has 1 heterocycles. The van der Waals surface area contributed by atoms with Crippen molar-refractivity contribution in [3.8, 4) is 0 Å². The summed E-state index contributed by atoms with van der Waals surface area (Å²) >= 11 is 0. The maximum Gasteiger partial charge on any atom is 0.243 e. The first-order valence-corrected chi connectivity index (χ1v) is 9.62. The average molecular weight is 333 g/mol. The van der Waals surface area contributed by atoms with Crippen molar-refractivity contribution in [1.29, 1.82) is 0 Å². The van der Waals surface area contributed by atoms with Crippen LogP contribution in [0.3, 0.4) is 0 Å². The molecule has 1 N–H and O–H groups in total. The van der Waals surface area contributed by atoms with Crippen molar-refractivity contribution in [3.05, 3.63) is 48.3 Å². The molecule has 0 unspecified atom stereocenters. The SMILES string of the molecule is CCn1cc(S(=O)(=O)NCC2(c3ccccc3)CCCC2)cn1. The molecule has 1 aliphatic carbocycles. The highest BCUT2D eigenvalue weighted by molar-refractivity contribution is 7.89. The van der Waals surface area contributed by atoms with E-state index in [9.17, 15) is 8.42 Å². The zero-order valence-corrected chi connectivity index (χ0v) is 14.2. The molecule has 1 aromatic heterocycles. The summed E-state index contributed by atoms with van der Waals surface area (Å²) in [6, 6.07) is 10.3. The molecule has 124 valence electrons. The molecule has 1 aliphatic rings. The lowest BCUT2D eigenvalue weighted by molar-refractivity contribution is 0.432. The third-order valence-electron chi connectivity index (χ3n) is 4.79. The Morgan fingerprint density at radius 1 is 1.22 bits per heavy atom. The van der Waals surface area contributed by atoms with Crippen molar-refractivity contribution in [1.82, 2.24) is 14.5 Å². The number of nitrogens with zero attached hydrogens (tertiary/aromatic N) is 2. The second-order valence-electron chi connectivity index (χ2n) is 6.21. The van der Waals surface area contributed by atoms with Crippen LogP contribution < -0.4 is 4.72 Å². The molecule has 0 bridgehead atoms. The number of nitrogens with one attached hydrogen (secondary N) is 1. The second-order valence-corrected chi connectivity index (χ2v) is 7.98. The molecule has 1 aromatic carbocycles. The van der Waals surface area contributed by atoms with Crippen LogP contribution in [0, 0.1) is 0 Å². The van der Waals surface area contributed by atoms with Gasteiger partial charge in [-0.15, -0.1) is 0 Å². The van der Waals surface area contributed by atoms with Gasteiger partial charge < -0.3 is 0 Å². The summed E-state index contributed by atoms with van der Waals surface area (Å²) in [4.78, 5) is 0.237. The van der Waals surface area contributed by atoms with E-state index in [1.54, 1.807) is 10.9 Å². The number of sulfonamides is 1. The van der Waals surface area contributed by atoms with E-state index in [-0.39, 0.29) is 10.3 Å². The Balaban J connectivity index is 1.79. The van der Waals surface area contributed by atoms with Crippen molar-refractivity contribution in [2.45, 2.75) is 49.5 Å². The lowest BCUT2D eigenvalue weighted by atomic mass is 9.79. The van der Waals surface area contributed by atoms with Gasteiger partial charge in [-0.05, 0) is 25.3 Å². The molecule has 1 saturated carbocycles. The molecule has 0 aliphatic heterocycles. The maximum absolute atomic E-state index is 12.5. The summed E-state index contributed by atoms with van der Waals surface area (Å²) < 4.78 is 29.5. The minimum atomic E-state index is -3.52. The van der Waals surface area contributed by atoms with Crippen LogP contribution in [0.2, 0.25) is 0 Å². The summed E-state index contributed by atoms with van der Waals surface area (Å²) in [5.41, 5.74) is 1.14. The molecule has 23 heavy (non-hydrogen) atoms. The third-order valence-corrected chi connectivity index (χ3v) is 6.15. The maximum atomic E-state index is 12.5. The number of rotatable bonds is 6. The van der Waals surface area contributed by atoms with Gasteiger partial charge in [-0.3, -0.25) is 4.68 Å². The number of aromatic nitrogens is 2. The van der Waals surface area contributed by atoms with Crippen LogP contribution in [-0.2, 0) is 22.0 Å². The van der Waals surface area contributed by atoms with Crippen molar-refractivity contribution < 1.29 is 8.42 Å². The van der Waals surface area contributed by atoms with Crippen molar-refractivity contribution in [2.75, 3.05) is 6.54 Å². The summed E-state index contributed by atoms with van der Waals surface area (Å²) in [5.74, 6) is 0. The van der Waals surface area contributed by atoms with E-state index in [2.05, 4.69) is 22.0 Å². The fraction of sp³-hybridized carbons (Fsp3) is 0.471. The van der Waals surface area contributed by atoms with Crippen LogP contribution in [0.25, 0.3) is 0 Å². The van der Waals surface area contributed by atoms with Crippen LogP contribution >= 0.6 is 0 Å². The van der Waals surface area contributed by atoms with Crippen LogP contribution in [0.1, 0.15) is 38.2 Å². The zero-order chi connectivity index (χ0) is 16.3. The molecule has 0 spiro atoms. The van der Waals surface area contributed by atoms with Gasteiger partial charge in [0.25, 0.3) is 0 Å². The van der Waals surface area contributed by atoms with Crippen LogP contribution in [-0.4, -0.2) is 24.7 Å². The Labute approximate surface area is 137 Å². The van der Waals surface area contributed by atoms with Gasteiger partial charge in [-0.1, -0.05) is 43.2 Å². The highest BCUT2D eigenvalue weighted by Crippen LogP contribution is 2.40. The summed E-state index contributed by atoms with van der Waals surface area (Å²) in [6.45, 7) is 3.03. The van der Waals surface area contributed by atoms with Gasteiger partial charge in [0.1, 0.15) is 4.90 Å². The minimum absolute atomic E-state index is 0.0882. The second kappa shape index (κ2) is 6.45. The average Bonchev–Trinajstić information content (AvgIpc) is 3.24. The first-order chi connectivity index (χ1) is 11.1. The molecule has 3 rings (SSSR count). The van der Waals surface area contributed by atoms with Gasteiger partial charge in [-0.25, -0.2) is 13.1 Å². The topological polar surface area (TPSA) is 64.0 Å². The van der Waals surface area contributed by atoms with Crippen LogP contribution in [0.5, 0.6) is 0 Å². The summed E-state index contributed by atoms with van der Waals surface area (Å²) in [6.07, 6.45) is 7.32. The number of aryl methyl sites for hydroxylation is 1. The van der Waals surface area contributed by atoms with E-state index in [4.69, 9.17) is 0 Å². The van der Waals surface area contributed by atoms with E-state index in [0.717, 1.165) is 25.7 Å². The lowest BCUT2D eigenvalue weighted by Crippen LogP contribution is -2.38. The Morgan fingerprint density at radius 3 is 2.52 bits per heavy atom. The Kier molecular flexibility index (Phi) is 4.55. The zero-order valence-electron chi connectivity index (χ0n) is 13.4. The van der Waals surface area contributed by atoms with Crippen molar-refractivity contribution in [2.24, 2.45) is 0 Å². The highest BCUT2D eigenvalue weighted by Gasteiger charge is 2.36. The Hall–Kier alpha value is -1.66. The van der Waals surface area contributed by atoms with Crippen molar-refractivity contribution >= 4 is 10.0 Å². The van der Waals surface area contributed by atoms with Gasteiger partial charge in [-0.2, -0.15) is 5.10 Å². The largest absolute Gasteiger partial charge is 0.272 e. The molecular weight excluding hydrogens is 310 g/mol. The molecule has 1 fully saturated rings. The standard InChI is InChI=1S/C17H23N3O2S/c1-2-20-13-16(12-18-20)23(21,22)19-14-17(10-6-7-11-17)15-8-4-3-5-9-15/h3-5,8-9,12-13,19H,2,6-7,10-11,14H2,1H3. The predicted molar refractivity (Wildman–Crippen MR) is 89.7 cm³/mol. The number of hydrogen-bond donors (Lipinski definition) is 1. The molecule has 6 heteroatoms. The molecular formula is C17H23N3O2S. The lowest BCUT2D eigenvalue weighted by Gasteiger charge is -2.29. The molecule has 0 saturated heterocycles. The smallest absolute Gasteiger partial charge is 0.243 e. The monoisotopic (exact) mass is 333 g/mol. The summed E-state index contributed by atoms with van der Waals surface area (Å²) in [5, 5.41) is 4.05. The first kappa shape index (κ1) is 16.2. The van der Waals surface area contributed by atoms with Gasteiger partial charge in [0.15, 0.2) is 0 Å². The van der Waals surface area contributed by atoms with Gasteiger partial charge >= 0.3 is 0 Å². The fourth-order valence-electron chi connectivity index (χ4n) is 3.38. The van der Waals surface area contributed by atoms with Crippen LogP contribution in [0.4, 0.5) is 0 Å². The molecule has 2 aromatic rings. The fourth-order valence-corrected chi connectivity index (χ4v) is 4.46. The molecule has 0 atom stereocenters. The molecule has 5 nitrogen and oxygen atoms in total. The minimum Gasteiger partial charge on any atom is -0.272 e. The van der Waals surface area contributed by atoms with E-state index >= 15 is 0 Å². The first-order valence-electron chi connectivity index (χ1n) is 8.13. The number of benzene rings is 1. The van der Waals surface area contributed by atoms with Gasteiger partial charge in [0, 0.05) is 24.7 Å². The van der Waals surface area contributed by atoms with Gasteiger partial charge in [0.05, 0.1) is 6.20 Å². The number of hydrogen-bond acceptors (Lipinski definition) is 3. The molecule has 0 amide bonds. The molecule has 0 radical (unpaired) electrons. The van der Waals surface area contributed by atoms with Gasteiger partial charge in [0.2, 0.25) is 10.0 Å².